The minimum absolute atomic E-state index is 0.0929. The number of rotatable bonds is 7. The van der Waals surface area contributed by atoms with E-state index >= 15 is 0 Å². The lowest BCUT2D eigenvalue weighted by atomic mass is 10.2. The van der Waals surface area contributed by atoms with Crippen LogP contribution >= 0.6 is 11.8 Å². The van der Waals surface area contributed by atoms with Gasteiger partial charge in [-0.3, -0.25) is 9.59 Å². The van der Waals surface area contributed by atoms with E-state index in [1.807, 2.05) is 61.5 Å². The SMILES string of the molecule is COc1cn(CC(=O)Nc2ccccc2C)c(CSc2ccccc2)cc1=O. The summed E-state index contributed by atoms with van der Waals surface area (Å²) >= 11 is 1.61. The van der Waals surface area contributed by atoms with Crippen molar-refractivity contribution in [2.45, 2.75) is 24.1 Å². The number of anilines is 1. The van der Waals surface area contributed by atoms with E-state index in [-0.39, 0.29) is 23.6 Å². The number of hydrogen-bond acceptors (Lipinski definition) is 4. The van der Waals surface area contributed by atoms with E-state index in [0.717, 1.165) is 21.8 Å². The number of amides is 1. The molecular weight excluding hydrogens is 372 g/mol. The van der Waals surface area contributed by atoms with Crippen molar-refractivity contribution in [3.05, 3.63) is 88.3 Å². The van der Waals surface area contributed by atoms with Crippen LogP contribution in [0.25, 0.3) is 0 Å². The maximum atomic E-state index is 12.6. The highest BCUT2D eigenvalue weighted by Gasteiger charge is 2.12. The summed E-state index contributed by atoms with van der Waals surface area (Å²) in [5, 5.41) is 2.93. The highest BCUT2D eigenvalue weighted by Crippen LogP contribution is 2.22. The molecule has 0 aliphatic rings. The second-order valence-corrected chi connectivity index (χ2v) is 7.34. The smallest absolute Gasteiger partial charge is 0.244 e. The minimum Gasteiger partial charge on any atom is -0.491 e. The molecule has 0 unspecified atom stereocenters. The number of carbonyl (C=O) groups excluding carboxylic acids is 1. The number of ether oxygens (including phenoxy) is 1. The lowest BCUT2D eigenvalue weighted by Gasteiger charge is -2.15. The van der Waals surface area contributed by atoms with Crippen molar-refractivity contribution in [1.29, 1.82) is 0 Å². The van der Waals surface area contributed by atoms with Crippen LogP contribution in [0.1, 0.15) is 11.3 Å². The molecule has 3 rings (SSSR count). The van der Waals surface area contributed by atoms with Gasteiger partial charge >= 0.3 is 0 Å². The van der Waals surface area contributed by atoms with Crippen molar-refractivity contribution < 1.29 is 9.53 Å². The van der Waals surface area contributed by atoms with Crippen molar-refractivity contribution in [3.8, 4) is 5.75 Å². The van der Waals surface area contributed by atoms with Gasteiger partial charge in [-0.05, 0) is 30.7 Å². The molecule has 1 heterocycles. The largest absolute Gasteiger partial charge is 0.491 e. The quantitative estimate of drug-likeness (QED) is 0.613. The minimum atomic E-state index is -0.193. The van der Waals surface area contributed by atoms with E-state index in [1.165, 1.54) is 13.2 Å². The van der Waals surface area contributed by atoms with Gasteiger partial charge in [0.1, 0.15) is 6.54 Å². The molecule has 0 saturated carbocycles. The van der Waals surface area contributed by atoms with E-state index in [2.05, 4.69) is 5.32 Å². The zero-order chi connectivity index (χ0) is 19.9. The van der Waals surface area contributed by atoms with Crippen LogP contribution in [-0.4, -0.2) is 17.6 Å². The van der Waals surface area contributed by atoms with Crippen molar-refractivity contribution in [1.82, 2.24) is 4.57 Å². The molecule has 0 aliphatic carbocycles. The Morgan fingerprint density at radius 3 is 2.54 bits per heavy atom. The standard InChI is InChI=1S/C22H22N2O3S/c1-16-8-6-7-11-19(16)23-22(26)14-24-13-21(27-2)20(25)12-17(24)15-28-18-9-4-3-5-10-18/h3-13H,14-15H2,1-2H3,(H,23,26). The number of methoxy groups -OCH3 is 1. The van der Waals surface area contributed by atoms with Gasteiger partial charge < -0.3 is 14.6 Å². The van der Waals surface area contributed by atoms with Gasteiger partial charge in [-0.15, -0.1) is 11.8 Å². The fraction of sp³-hybridized carbons (Fsp3) is 0.182. The number of benzene rings is 2. The first-order chi connectivity index (χ1) is 13.6. The third-order valence-electron chi connectivity index (χ3n) is 4.27. The summed E-state index contributed by atoms with van der Waals surface area (Å²) < 4.78 is 6.92. The van der Waals surface area contributed by atoms with Crippen LogP contribution in [0.2, 0.25) is 0 Å². The molecule has 0 atom stereocenters. The molecule has 0 saturated heterocycles. The molecule has 0 spiro atoms. The first kappa shape index (κ1) is 19.8. The number of aryl methyl sites for hydroxylation is 1. The molecule has 0 fully saturated rings. The van der Waals surface area contributed by atoms with Crippen LogP contribution < -0.4 is 15.5 Å². The Bertz CT molecular complexity index is 1020. The molecule has 1 N–H and O–H groups in total. The third kappa shape index (κ3) is 5.04. The van der Waals surface area contributed by atoms with Gasteiger partial charge in [0.25, 0.3) is 0 Å². The summed E-state index contributed by atoms with van der Waals surface area (Å²) in [5.41, 5.74) is 2.34. The monoisotopic (exact) mass is 394 g/mol. The first-order valence-electron chi connectivity index (χ1n) is 8.87. The van der Waals surface area contributed by atoms with Crippen molar-refractivity contribution >= 4 is 23.4 Å². The molecule has 6 heteroatoms. The third-order valence-corrected chi connectivity index (χ3v) is 5.31. The Hall–Kier alpha value is -2.99. The predicted molar refractivity (Wildman–Crippen MR) is 113 cm³/mol. The summed E-state index contributed by atoms with van der Waals surface area (Å²) in [6.45, 7) is 2.04. The van der Waals surface area contributed by atoms with Gasteiger partial charge in [-0.1, -0.05) is 36.4 Å². The molecule has 2 aromatic carbocycles. The fourth-order valence-corrected chi connectivity index (χ4v) is 3.66. The first-order valence-corrected chi connectivity index (χ1v) is 9.86. The number of hydrogen-bond donors (Lipinski definition) is 1. The van der Waals surface area contributed by atoms with Crippen molar-refractivity contribution in [3.63, 3.8) is 0 Å². The molecule has 0 radical (unpaired) electrons. The Balaban J connectivity index is 1.80. The highest BCUT2D eigenvalue weighted by atomic mass is 32.2. The number of para-hydroxylation sites is 1. The van der Waals surface area contributed by atoms with Gasteiger partial charge in [0.15, 0.2) is 5.75 Å². The molecule has 5 nitrogen and oxygen atoms in total. The van der Waals surface area contributed by atoms with E-state index in [1.54, 1.807) is 22.5 Å². The van der Waals surface area contributed by atoms with Crippen LogP contribution in [0.5, 0.6) is 5.75 Å². The van der Waals surface area contributed by atoms with Crippen molar-refractivity contribution in [2.24, 2.45) is 0 Å². The molecule has 144 valence electrons. The maximum Gasteiger partial charge on any atom is 0.244 e. The average Bonchev–Trinajstić information content (AvgIpc) is 2.70. The normalized spacial score (nSPS) is 10.5. The van der Waals surface area contributed by atoms with Gasteiger partial charge in [0.05, 0.1) is 13.3 Å². The maximum absolute atomic E-state index is 12.6. The number of pyridine rings is 1. The van der Waals surface area contributed by atoms with Crippen molar-refractivity contribution in [2.75, 3.05) is 12.4 Å². The number of carbonyl (C=O) groups is 1. The summed E-state index contributed by atoms with van der Waals surface area (Å²) in [6, 6.07) is 19.1. The molecule has 0 bridgehead atoms. The number of nitrogens with zero attached hydrogens (tertiary/aromatic N) is 1. The van der Waals surface area contributed by atoms with E-state index in [9.17, 15) is 9.59 Å². The Labute approximate surface area is 168 Å². The summed E-state index contributed by atoms with van der Waals surface area (Å²) in [5.74, 6) is 0.629. The summed E-state index contributed by atoms with van der Waals surface area (Å²) in [7, 11) is 1.45. The Kier molecular flexibility index (Phi) is 6.55. The van der Waals surface area contributed by atoms with E-state index in [0.29, 0.717) is 5.75 Å². The summed E-state index contributed by atoms with van der Waals surface area (Å²) in [4.78, 5) is 25.9. The Morgan fingerprint density at radius 1 is 1.11 bits per heavy atom. The van der Waals surface area contributed by atoms with Gasteiger partial charge in [-0.2, -0.15) is 0 Å². The molecule has 0 aliphatic heterocycles. The molecule has 28 heavy (non-hydrogen) atoms. The molecule has 1 aromatic heterocycles. The molecule has 1 amide bonds. The Morgan fingerprint density at radius 2 is 1.82 bits per heavy atom. The van der Waals surface area contributed by atoms with Crippen LogP contribution in [0.15, 0.2) is 76.6 Å². The topological polar surface area (TPSA) is 60.3 Å². The second kappa shape index (κ2) is 9.28. The van der Waals surface area contributed by atoms with E-state index in [4.69, 9.17) is 4.74 Å². The van der Waals surface area contributed by atoms with Gasteiger partial charge in [0.2, 0.25) is 11.3 Å². The molecule has 3 aromatic rings. The van der Waals surface area contributed by atoms with Crippen LogP contribution in [0, 0.1) is 6.92 Å². The zero-order valence-electron chi connectivity index (χ0n) is 15.8. The predicted octanol–water partition coefficient (Wildman–Crippen LogP) is 4.10. The van der Waals surface area contributed by atoms with Crippen LogP contribution in [0.4, 0.5) is 5.69 Å². The second-order valence-electron chi connectivity index (χ2n) is 6.29. The highest BCUT2D eigenvalue weighted by molar-refractivity contribution is 7.98. The zero-order valence-corrected chi connectivity index (χ0v) is 16.7. The summed E-state index contributed by atoms with van der Waals surface area (Å²) in [6.07, 6.45) is 1.60. The average molecular weight is 394 g/mol. The number of aromatic nitrogens is 1. The fourth-order valence-electron chi connectivity index (χ4n) is 2.75. The number of nitrogens with one attached hydrogen (secondary N) is 1. The lowest BCUT2D eigenvalue weighted by Crippen LogP contribution is -2.23. The van der Waals surface area contributed by atoms with E-state index < -0.39 is 0 Å². The lowest BCUT2D eigenvalue weighted by molar-refractivity contribution is -0.116. The number of thioether (sulfide) groups is 1. The molecular formula is C22H22N2O3S. The van der Waals surface area contributed by atoms with Gasteiger partial charge in [0, 0.05) is 28.1 Å². The van der Waals surface area contributed by atoms with Crippen LogP contribution in [0.3, 0.4) is 0 Å². The van der Waals surface area contributed by atoms with Gasteiger partial charge in [-0.25, -0.2) is 0 Å². The van der Waals surface area contributed by atoms with Crippen LogP contribution in [-0.2, 0) is 17.1 Å².